The molecule has 1 fully saturated rings. The van der Waals surface area contributed by atoms with Crippen LogP contribution in [0.25, 0.3) is 0 Å². The van der Waals surface area contributed by atoms with Gasteiger partial charge >= 0.3 is 0 Å². The zero-order valence-electron chi connectivity index (χ0n) is 16.1. The molecule has 2 aliphatic heterocycles. The number of hydrogen-bond acceptors (Lipinski definition) is 4. The van der Waals surface area contributed by atoms with Crippen LogP contribution in [0.3, 0.4) is 0 Å². The number of sulfone groups is 1. The van der Waals surface area contributed by atoms with Crippen molar-refractivity contribution in [1.82, 2.24) is 15.5 Å². The summed E-state index contributed by atoms with van der Waals surface area (Å²) in [7, 11) is -2.89. The van der Waals surface area contributed by atoms with Crippen molar-refractivity contribution in [3.05, 3.63) is 35.4 Å². The van der Waals surface area contributed by atoms with Crippen molar-refractivity contribution in [3.8, 4) is 0 Å². The standard InChI is InChI=1S/C19H30N4O2S.HI/c1-3-20-19(22-18-9-11-26(24,25)14-18)21-12-15(2)23-10-8-16-6-4-5-7-17(16)13-23;/h4-7,15,18H,3,8-14H2,1-2H3,(H2,20,21,22);1H. The normalized spacial score (nSPS) is 23.2. The van der Waals surface area contributed by atoms with Crippen molar-refractivity contribution in [2.45, 2.75) is 45.3 Å². The molecule has 27 heavy (non-hydrogen) atoms. The molecule has 8 heteroatoms. The number of benzene rings is 1. The summed E-state index contributed by atoms with van der Waals surface area (Å²) in [5.41, 5.74) is 2.87. The lowest BCUT2D eigenvalue weighted by molar-refractivity contribution is 0.195. The molecule has 2 atom stereocenters. The van der Waals surface area contributed by atoms with Gasteiger partial charge in [-0.15, -0.1) is 24.0 Å². The monoisotopic (exact) mass is 506 g/mol. The molecule has 3 rings (SSSR count). The quantitative estimate of drug-likeness (QED) is 0.362. The summed E-state index contributed by atoms with van der Waals surface area (Å²) in [5.74, 6) is 1.20. The van der Waals surface area contributed by atoms with Crippen LogP contribution in [0.5, 0.6) is 0 Å². The third kappa shape index (κ3) is 6.32. The van der Waals surface area contributed by atoms with Gasteiger partial charge in [-0.1, -0.05) is 24.3 Å². The molecule has 0 amide bonds. The van der Waals surface area contributed by atoms with Crippen molar-refractivity contribution in [1.29, 1.82) is 0 Å². The largest absolute Gasteiger partial charge is 0.357 e. The van der Waals surface area contributed by atoms with E-state index >= 15 is 0 Å². The number of hydrogen-bond donors (Lipinski definition) is 2. The van der Waals surface area contributed by atoms with Crippen LogP contribution in [0.2, 0.25) is 0 Å². The molecule has 2 unspecified atom stereocenters. The first-order valence-corrected chi connectivity index (χ1v) is 11.3. The van der Waals surface area contributed by atoms with E-state index in [-0.39, 0.29) is 41.5 Å². The Morgan fingerprint density at radius 2 is 2.07 bits per heavy atom. The molecule has 0 radical (unpaired) electrons. The summed E-state index contributed by atoms with van der Waals surface area (Å²) in [5, 5.41) is 6.52. The molecule has 2 aliphatic rings. The van der Waals surface area contributed by atoms with Crippen LogP contribution in [-0.4, -0.2) is 62.5 Å². The van der Waals surface area contributed by atoms with Crippen LogP contribution in [0.1, 0.15) is 31.4 Å². The minimum Gasteiger partial charge on any atom is -0.357 e. The molecule has 2 N–H and O–H groups in total. The second-order valence-corrected chi connectivity index (χ2v) is 9.53. The smallest absolute Gasteiger partial charge is 0.191 e. The Morgan fingerprint density at radius 3 is 2.74 bits per heavy atom. The minimum atomic E-state index is -2.89. The molecule has 1 aromatic rings. The Balaban J connectivity index is 0.00000261. The number of nitrogens with zero attached hydrogens (tertiary/aromatic N) is 2. The van der Waals surface area contributed by atoms with Gasteiger partial charge in [-0.05, 0) is 37.8 Å². The van der Waals surface area contributed by atoms with Crippen molar-refractivity contribution < 1.29 is 8.42 Å². The second kappa shape index (κ2) is 10.1. The van der Waals surface area contributed by atoms with E-state index in [2.05, 4.69) is 46.7 Å². The van der Waals surface area contributed by atoms with Gasteiger partial charge in [-0.25, -0.2) is 8.42 Å². The van der Waals surface area contributed by atoms with Crippen LogP contribution in [-0.2, 0) is 22.8 Å². The molecule has 2 heterocycles. The predicted octanol–water partition coefficient (Wildman–Crippen LogP) is 1.79. The van der Waals surface area contributed by atoms with Crippen molar-refractivity contribution >= 4 is 39.8 Å². The molecular weight excluding hydrogens is 475 g/mol. The molecule has 1 saturated heterocycles. The van der Waals surface area contributed by atoms with Gasteiger partial charge in [0.05, 0.1) is 18.1 Å². The second-order valence-electron chi connectivity index (χ2n) is 7.30. The number of fused-ring (bicyclic) bond motifs is 1. The molecule has 152 valence electrons. The SMILES string of the molecule is CCNC(=NCC(C)N1CCc2ccccc2C1)NC1CCS(=O)(=O)C1.I. The highest BCUT2D eigenvalue weighted by molar-refractivity contribution is 14.0. The molecule has 0 saturated carbocycles. The molecular formula is C19H31IN4O2S. The lowest BCUT2D eigenvalue weighted by atomic mass is 9.99. The van der Waals surface area contributed by atoms with Crippen LogP contribution < -0.4 is 10.6 Å². The van der Waals surface area contributed by atoms with E-state index < -0.39 is 9.84 Å². The Hall–Kier alpha value is -0.870. The van der Waals surface area contributed by atoms with E-state index in [4.69, 9.17) is 4.99 Å². The van der Waals surface area contributed by atoms with E-state index in [1.165, 1.54) is 11.1 Å². The minimum absolute atomic E-state index is 0. The topological polar surface area (TPSA) is 73.8 Å². The number of aliphatic imine (C=N–C) groups is 1. The summed E-state index contributed by atoms with van der Waals surface area (Å²) in [4.78, 5) is 7.18. The summed E-state index contributed by atoms with van der Waals surface area (Å²) < 4.78 is 23.3. The van der Waals surface area contributed by atoms with Crippen molar-refractivity contribution in [2.24, 2.45) is 4.99 Å². The first-order valence-electron chi connectivity index (χ1n) is 9.53. The van der Waals surface area contributed by atoms with E-state index in [0.29, 0.717) is 19.0 Å². The average Bonchev–Trinajstić information content (AvgIpc) is 2.97. The number of guanidine groups is 1. The van der Waals surface area contributed by atoms with Gasteiger partial charge in [0, 0.05) is 31.7 Å². The zero-order valence-corrected chi connectivity index (χ0v) is 19.3. The fourth-order valence-electron chi connectivity index (χ4n) is 3.65. The molecule has 0 spiro atoms. The maximum Gasteiger partial charge on any atom is 0.191 e. The van der Waals surface area contributed by atoms with Crippen LogP contribution in [0.4, 0.5) is 0 Å². The van der Waals surface area contributed by atoms with Gasteiger partial charge in [-0.2, -0.15) is 0 Å². The fourth-order valence-corrected chi connectivity index (χ4v) is 5.33. The highest BCUT2D eigenvalue weighted by Crippen LogP contribution is 2.20. The summed E-state index contributed by atoms with van der Waals surface area (Å²) in [6.45, 7) is 7.71. The van der Waals surface area contributed by atoms with E-state index in [0.717, 1.165) is 32.0 Å². The Labute approximate surface area is 180 Å². The number of nitrogens with one attached hydrogen (secondary N) is 2. The predicted molar refractivity (Wildman–Crippen MR) is 122 cm³/mol. The maximum absolute atomic E-state index is 11.6. The Kier molecular flexibility index (Phi) is 8.36. The van der Waals surface area contributed by atoms with Crippen molar-refractivity contribution in [2.75, 3.05) is 31.1 Å². The van der Waals surface area contributed by atoms with Gasteiger partial charge < -0.3 is 10.6 Å². The number of rotatable bonds is 5. The first-order chi connectivity index (χ1) is 12.5. The zero-order chi connectivity index (χ0) is 18.6. The van der Waals surface area contributed by atoms with Crippen molar-refractivity contribution in [3.63, 3.8) is 0 Å². The van der Waals surface area contributed by atoms with Crippen LogP contribution >= 0.6 is 24.0 Å². The van der Waals surface area contributed by atoms with E-state index in [9.17, 15) is 8.42 Å². The third-order valence-electron chi connectivity index (χ3n) is 5.21. The molecule has 0 aromatic heterocycles. The molecule has 0 bridgehead atoms. The van der Waals surface area contributed by atoms with Gasteiger partial charge in [0.1, 0.15) is 0 Å². The van der Waals surface area contributed by atoms with Crippen LogP contribution in [0, 0.1) is 0 Å². The van der Waals surface area contributed by atoms with Gasteiger partial charge in [0.15, 0.2) is 15.8 Å². The Bertz CT molecular complexity index is 754. The van der Waals surface area contributed by atoms with E-state index in [1.807, 2.05) is 6.92 Å². The lowest BCUT2D eigenvalue weighted by Crippen LogP contribution is -2.45. The van der Waals surface area contributed by atoms with Gasteiger partial charge in [0.2, 0.25) is 0 Å². The molecule has 0 aliphatic carbocycles. The third-order valence-corrected chi connectivity index (χ3v) is 6.98. The highest BCUT2D eigenvalue weighted by Gasteiger charge is 2.28. The van der Waals surface area contributed by atoms with Gasteiger partial charge in [-0.3, -0.25) is 9.89 Å². The van der Waals surface area contributed by atoms with Gasteiger partial charge in [0.25, 0.3) is 0 Å². The summed E-state index contributed by atoms with van der Waals surface area (Å²) >= 11 is 0. The summed E-state index contributed by atoms with van der Waals surface area (Å²) in [6.07, 6.45) is 1.74. The maximum atomic E-state index is 11.6. The first kappa shape index (κ1) is 22.4. The lowest BCUT2D eigenvalue weighted by Gasteiger charge is -2.33. The average molecular weight is 506 g/mol. The Morgan fingerprint density at radius 1 is 1.33 bits per heavy atom. The fraction of sp³-hybridized carbons (Fsp3) is 0.632. The molecule has 6 nitrogen and oxygen atoms in total. The number of halogens is 1. The summed E-state index contributed by atoms with van der Waals surface area (Å²) in [6, 6.07) is 8.96. The van der Waals surface area contributed by atoms with Crippen LogP contribution in [0.15, 0.2) is 29.3 Å². The highest BCUT2D eigenvalue weighted by atomic mass is 127. The molecule has 1 aromatic carbocycles. The van der Waals surface area contributed by atoms with E-state index in [1.54, 1.807) is 0 Å².